The Morgan fingerprint density at radius 3 is 2.50 bits per heavy atom. The van der Waals surface area contributed by atoms with Crippen molar-refractivity contribution in [1.82, 2.24) is 0 Å². The summed E-state index contributed by atoms with van der Waals surface area (Å²) >= 11 is 0. The van der Waals surface area contributed by atoms with Gasteiger partial charge in [-0.3, -0.25) is 4.79 Å². The zero-order chi connectivity index (χ0) is 13.7. The van der Waals surface area contributed by atoms with Gasteiger partial charge in [0.15, 0.2) is 5.78 Å². The molecule has 0 bridgehead atoms. The minimum Gasteiger partial charge on any atom is -0.496 e. The summed E-state index contributed by atoms with van der Waals surface area (Å²) in [6, 6.07) is 3.81. The second-order valence-electron chi connectivity index (χ2n) is 4.60. The van der Waals surface area contributed by atoms with E-state index in [4.69, 9.17) is 9.47 Å². The largest absolute Gasteiger partial charge is 0.496 e. The van der Waals surface area contributed by atoms with Crippen LogP contribution in [0.4, 0.5) is 0 Å². The number of carbonyl (C=O) groups is 1. The quantitative estimate of drug-likeness (QED) is 0.727. The third kappa shape index (κ3) is 3.33. The molecule has 1 aromatic rings. The lowest BCUT2D eigenvalue weighted by molar-refractivity contribution is 0.0875. The van der Waals surface area contributed by atoms with E-state index in [0.717, 1.165) is 17.5 Å². The number of methoxy groups -OCH3 is 2. The summed E-state index contributed by atoms with van der Waals surface area (Å²) in [5, 5.41) is 0. The highest BCUT2D eigenvalue weighted by Gasteiger charge is 2.16. The van der Waals surface area contributed by atoms with Crippen LogP contribution in [0.5, 0.6) is 5.75 Å². The van der Waals surface area contributed by atoms with E-state index in [1.807, 2.05) is 32.9 Å². The summed E-state index contributed by atoms with van der Waals surface area (Å²) in [6.07, 6.45) is 1.31. The minimum absolute atomic E-state index is 0.103. The van der Waals surface area contributed by atoms with Gasteiger partial charge in [0.1, 0.15) is 5.75 Å². The van der Waals surface area contributed by atoms with Crippen LogP contribution >= 0.6 is 0 Å². The average molecular weight is 250 g/mol. The van der Waals surface area contributed by atoms with Gasteiger partial charge in [0, 0.05) is 13.5 Å². The summed E-state index contributed by atoms with van der Waals surface area (Å²) < 4.78 is 10.5. The van der Waals surface area contributed by atoms with Gasteiger partial charge in [-0.15, -0.1) is 0 Å². The smallest absolute Gasteiger partial charge is 0.166 e. The highest BCUT2D eigenvalue weighted by Crippen LogP contribution is 2.27. The number of ketones is 1. The molecule has 1 atom stereocenters. The number of hydrogen-bond donors (Lipinski definition) is 0. The molecule has 100 valence electrons. The second kappa shape index (κ2) is 6.55. The first-order chi connectivity index (χ1) is 8.51. The fourth-order valence-electron chi connectivity index (χ4n) is 1.86. The zero-order valence-electron chi connectivity index (χ0n) is 11.9. The van der Waals surface area contributed by atoms with Crippen molar-refractivity contribution in [3.63, 3.8) is 0 Å². The van der Waals surface area contributed by atoms with E-state index in [9.17, 15) is 4.79 Å². The molecule has 3 nitrogen and oxygen atoms in total. The monoisotopic (exact) mass is 250 g/mol. The maximum Gasteiger partial charge on any atom is 0.166 e. The normalized spacial score (nSPS) is 12.3. The summed E-state index contributed by atoms with van der Waals surface area (Å²) in [6.45, 7) is 5.95. The van der Waals surface area contributed by atoms with Crippen LogP contribution < -0.4 is 4.74 Å². The fourth-order valence-corrected chi connectivity index (χ4v) is 1.86. The van der Waals surface area contributed by atoms with E-state index < -0.39 is 0 Å². The number of carbonyl (C=O) groups excluding carboxylic acids is 1. The molecule has 0 amide bonds. The standard InChI is InChI=1S/C15H22O3/c1-10-6-8-13(15(18-5)12(10)3)14(16)9-7-11(2)17-4/h6,8,11H,7,9H2,1-5H3. The maximum absolute atomic E-state index is 12.2. The molecule has 0 heterocycles. The van der Waals surface area contributed by atoms with Crippen molar-refractivity contribution in [2.75, 3.05) is 14.2 Å². The van der Waals surface area contributed by atoms with E-state index in [-0.39, 0.29) is 11.9 Å². The number of hydrogen-bond acceptors (Lipinski definition) is 3. The van der Waals surface area contributed by atoms with Crippen LogP contribution in [0.15, 0.2) is 12.1 Å². The fraction of sp³-hybridized carbons (Fsp3) is 0.533. The van der Waals surface area contributed by atoms with Crippen LogP contribution in [0.25, 0.3) is 0 Å². The molecule has 0 aromatic heterocycles. The number of Topliss-reactive ketones (excluding diaryl/α,β-unsaturated/α-hetero) is 1. The van der Waals surface area contributed by atoms with Gasteiger partial charge < -0.3 is 9.47 Å². The van der Waals surface area contributed by atoms with Gasteiger partial charge >= 0.3 is 0 Å². The first-order valence-electron chi connectivity index (χ1n) is 6.21. The van der Waals surface area contributed by atoms with Crippen molar-refractivity contribution in [2.45, 2.75) is 39.7 Å². The molecule has 0 N–H and O–H groups in total. The van der Waals surface area contributed by atoms with Gasteiger partial charge in [0.25, 0.3) is 0 Å². The van der Waals surface area contributed by atoms with Gasteiger partial charge in [0.2, 0.25) is 0 Å². The predicted octanol–water partition coefficient (Wildman–Crippen LogP) is 3.31. The van der Waals surface area contributed by atoms with Crippen molar-refractivity contribution in [1.29, 1.82) is 0 Å². The summed E-state index contributed by atoms with van der Waals surface area (Å²) in [5.41, 5.74) is 2.83. The molecule has 0 radical (unpaired) electrons. The van der Waals surface area contributed by atoms with Gasteiger partial charge in [-0.25, -0.2) is 0 Å². The van der Waals surface area contributed by atoms with E-state index in [1.165, 1.54) is 0 Å². The number of aryl methyl sites for hydroxylation is 1. The minimum atomic E-state index is 0.103. The first-order valence-corrected chi connectivity index (χ1v) is 6.21. The molecule has 0 fully saturated rings. The Hall–Kier alpha value is -1.35. The van der Waals surface area contributed by atoms with Gasteiger partial charge in [-0.05, 0) is 44.4 Å². The summed E-state index contributed by atoms with van der Waals surface area (Å²) in [5.74, 6) is 0.809. The van der Waals surface area contributed by atoms with Crippen LogP contribution in [0.2, 0.25) is 0 Å². The molecule has 0 aliphatic rings. The predicted molar refractivity (Wildman–Crippen MR) is 72.5 cm³/mol. The number of benzene rings is 1. The van der Waals surface area contributed by atoms with Crippen molar-refractivity contribution in [2.24, 2.45) is 0 Å². The molecular weight excluding hydrogens is 228 g/mol. The molecule has 0 saturated carbocycles. The Morgan fingerprint density at radius 1 is 1.28 bits per heavy atom. The molecule has 3 heteroatoms. The first kappa shape index (κ1) is 14.7. The molecule has 18 heavy (non-hydrogen) atoms. The summed E-state index contributed by atoms with van der Waals surface area (Å²) in [4.78, 5) is 12.2. The van der Waals surface area contributed by atoms with E-state index in [1.54, 1.807) is 14.2 Å². The van der Waals surface area contributed by atoms with Gasteiger partial charge in [0.05, 0.1) is 18.8 Å². The van der Waals surface area contributed by atoms with Crippen LogP contribution in [0, 0.1) is 13.8 Å². The topological polar surface area (TPSA) is 35.5 Å². The number of ether oxygens (including phenoxy) is 2. The van der Waals surface area contributed by atoms with Gasteiger partial charge in [-0.1, -0.05) is 6.07 Å². The molecule has 0 aliphatic heterocycles. The third-order valence-corrected chi connectivity index (χ3v) is 3.36. The van der Waals surface area contributed by atoms with Crippen LogP contribution in [0.1, 0.15) is 41.3 Å². The Kier molecular flexibility index (Phi) is 5.35. The third-order valence-electron chi connectivity index (χ3n) is 3.36. The van der Waals surface area contributed by atoms with Crippen molar-refractivity contribution >= 4 is 5.78 Å². The lowest BCUT2D eigenvalue weighted by Crippen LogP contribution is -2.10. The molecular formula is C15H22O3. The Morgan fingerprint density at radius 2 is 1.94 bits per heavy atom. The maximum atomic E-state index is 12.2. The van der Waals surface area contributed by atoms with E-state index in [2.05, 4.69) is 0 Å². The highest BCUT2D eigenvalue weighted by molar-refractivity contribution is 5.99. The zero-order valence-corrected chi connectivity index (χ0v) is 11.9. The Labute approximate surface area is 109 Å². The van der Waals surface area contributed by atoms with Gasteiger partial charge in [-0.2, -0.15) is 0 Å². The van der Waals surface area contributed by atoms with E-state index >= 15 is 0 Å². The SMILES string of the molecule is COc1c(C(=O)CCC(C)OC)ccc(C)c1C. The lowest BCUT2D eigenvalue weighted by atomic mass is 9.98. The molecule has 1 unspecified atom stereocenters. The second-order valence-corrected chi connectivity index (χ2v) is 4.60. The Balaban J connectivity index is 2.89. The van der Waals surface area contributed by atoms with Crippen molar-refractivity contribution < 1.29 is 14.3 Å². The lowest BCUT2D eigenvalue weighted by Gasteiger charge is -2.13. The van der Waals surface area contributed by atoms with Crippen molar-refractivity contribution in [3.05, 3.63) is 28.8 Å². The summed E-state index contributed by atoms with van der Waals surface area (Å²) in [7, 11) is 3.27. The Bertz CT molecular complexity index is 424. The van der Waals surface area contributed by atoms with Crippen LogP contribution in [-0.2, 0) is 4.74 Å². The van der Waals surface area contributed by atoms with Crippen LogP contribution in [0.3, 0.4) is 0 Å². The molecule has 0 spiro atoms. The number of rotatable bonds is 6. The van der Waals surface area contributed by atoms with Crippen LogP contribution in [-0.4, -0.2) is 26.1 Å². The van der Waals surface area contributed by atoms with Crippen molar-refractivity contribution in [3.8, 4) is 5.75 Å². The molecule has 0 saturated heterocycles. The molecule has 0 aliphatic carbocycles. The molecule has 1 rings (SSSR count). The highest BCUT2D eigenvalue weighted by atomic mass is 16.5. The molecule has 1 aromatic carbocycles. The average Bonchev–Trinajstić information content (AvgIpc) is 2.38. The van der Waals surface area contributed by atoms with E-state index in [0.29, 0.717) is 17.7 Å².